The highest BCUT2D eigenvalue weighted by Gasteiger charge is 2.50. The van der Waals surface area contributed by atoms with E-state index < -0.39 is 106 Å². The standard InChI is InChI=1S/C44H52N4O13/c1-20-11-10-12-21(2)42(56)47-33-28(19-46-48-43(57)27-13-16-45-17-14-27)37(53)30-31(38(33)54)36(52)25(6)40-32(30)41(55)44(8,61-40)59-18-15-29(58-9)22(3)39(60-26(7)49)24(5)35(51)23(4)34(20)50/h10-20,22-24,29,34-35,39,50-54H,1-9H3,(H,47,56)(H,48,57)/b11-10+,18-15+,21-12-,46-19+/t20-,22+,23+,24+,29-,34-,35+,39+,44-/m0/s1. The van der Waals surface area contributed by atoms with Gasteiger partial charge in [0.15, 0.2) is 5.75 Å². The number of nitrogens with one attached hydrogen (secondary N) is 2. The molecule has 4 heterocycles. The zero-order valence-electron chi connectivity index (χ0n) is 35.3. The van der Waals surface area contributed by atoms with Gasteiger partial charge in [-0.15, -0.1) is 0 Å². The Morgan fingerprint density at radius 3 is 2.26 bits per heavy atom. The number of esters is 1. The predicted octanol–water partition coefficient (Wildman–Crippen LogP) is 4.91. The summed E-state index contributed by atoms with van der Waals surface area (Å²) in [4.78, 5) is 57.1. The third-order valence-corrected chi connectivity index (χ3v) is 11.3. The molecule has 0 aliphatic carbocycles. The van der Waals surface area contributed by atoms with Crippen molar-refractivity contribution >= 4 is 46.2 Å². The van der Waals surface area contributed by atoms with E-state index in [2.05, 4.69) is 20.8 Å². The quantitative estimate of drug-likeness (QED) is 0.0592. The number of carbonyl (C=O) groups excluding carboxylic acids is 4. The monoisotopic (exact) mass is 844 g/mol. The first kappa shape index (κ1) is 45.8. The fourth-order valence-electron chi connectivity index (χ4n) is 7.60. The van der Waals surface area contributed by atoms with Gasteiger partial charge in [-0.2, -0.15) is 5.10 Å². The second-order valence-corrected chi connectivity index (χ2v) is 15.6. The van der Waals surface area contributed by atoms with E-state index in [1.807, 2.05) is 0 Å². The summed E-state index contributed by atoms with van der Waals surface area (Å²) in [6, 6.07) is 2.87. The number of aliphatic hydroxyl groups excluding tert-OH is 2. The molecule has 0 saturated heterocycles. The number of carbonyl (C=O) groups is 4. The van der Waals surface area contributed by atoms with E-state index in [4.69, 9.17) is 18.9 Å². The van der Waals surface area contributed by atoms with Crippen LogP contribution in [0.25, 0.3) is 10.8 Å². The number of hydrogen-bond acceptors (Lipinski definition) is 15. The number of allylic oxidation sites excluding steroid dienone is 2. The maximum absolute atomic E-state index is 14.4. The fourth-order valence-corrected chi connectivity index (χ4v) is 7.60. The molecule has 0 radical (unpaired) electrons. The van der Waals surface area contributed by atoms with E-state index in [0.29, 0.717) is 0 Å². The third kappa shape index (κ3) is 9.08. The SMILES string of the molecule is CO[C@H]1/C=C/O[C@@]2(C)Oc3c(C)c(O)c4c(O)c(c(/C=N/NC(=O)c5ccncc5)c(O)c4c3C2=O)NC(=O)/C(C)=C\C=C\[C@H](C)[C@H](O)[C@@H](C)[C@@H](O)[C@@H](C)[C@H](OC(C)=O)[C@@H]1C. The van der Waals surface area contributed by atoms with E-state index >= 15 is 0 Å². The lowest BCUT2D eigenvalue weighted by molar-refractivity contribution is -0.160. The number of fused-ring (bicyclic) bond motifs is 14. The van der Waals surface area contributed by atoms with Gasteiger partial charge in [-0.1, -0.05) is 45.9 Å². The molecule has 0 fully saturated rings. The minimum absolute atomic E-state index is 0.0115. The van der Waals surface area contributed by atoms with Crippen LogP contribution in [-0.4, -0.2) is 97.6 Å². The van der Waals surface area contributed by atoms with E-state index in [1.54, 1.807) is 33.8 Å². The lowest BCUT2D eigenvalue weighted by Crippen LogP contribution is -2.46. The first-order valence-corrected chi connectivity index (χ1v) is 19.6. The van der Waals surface area contributed by atoms with Crippen LogP contribution in [0.3, 0.4) is 0 Å². The lowest BCUT2D eigenvalue weighted by Gasteiger charge is -2.38. The molecule has 7 N–H and O–H groups in total. The second-order valence-electron chi connectivity index (χ2n) is 15.6. The molecule has 0 unspecified atom stereocenters. The number of nitrogens with zero attached hydrogens (tertiary/aromatic N) is 2. The molecule has 2 aromatic carbocycles. The Morgan fingerprint density at radius 1 is 0.951 bits per heavy atom. The van der Waals surface area contributed by atoms with Crippen molar-refractivity contribution < 1.29 is 63.7 Å². The molecule has 3 aliphatic rings. The average molecular weight is 845 g/mol. The summed E-state index contributed by atoms with van der Waals surface area (Å²) in [6.07, 6.45) is 6.93. The van der Waals surface area contributed by atoms with Gasteiger partial charge in [-0.3, -0.25) is 24.2 Å². The van der Waals surface area contributed by atoms with Crippen molar-refractivity contribution in [1.29, 1.82) is 0 Å². The molecule has 9 atom stereocenters. The normalized spacial score (nSPS) is 29.3. The Balaban J connectivity index is 1.70. The van der Waals surface area contributed by atoms with Gasteiger partial charge < -0.3 is 49.8 Å². The van der Waals surface area contributed by atoms with Gasteiger partial charge >= 0.3 is 11.8 Å². The Bertz CT molecular complexity index is 2320. The van der Waals surface area contributed by atoms with Gasteiger partial charge in [0.2, 0.25) is 0 Å². The van der Waals surface area contributed by atoms with E-state index in [9.17, 15) is 44.7 Å². The number of phenols is 3. The first-order valence-electron chi connectivity index (χ1n) is 19.6. The first-order chi connectivity index (χ1) is 28.7. The zero-order valence-corrected chi connectivity index (χ0v) is 35.3. The maximum atomic E-state index is 14.4. The summed E-state index contributed by atoms with van der Waals surface area (Å²) in [7, 11) is 1.41. The summed E-state index contributed by atoms with van der Waals surface area (Å²) in [5.74, 6) is -9.87. The Hall–Kier alpha value is -6.30. The Kier molecular flexibility index (Phi) is 13.9. The van der Waals surface area contributed by atoms with Crippen molar-refractivity contribution in [3.63, 3.8) is 0 Å². The van der Waals surface area contributed by atoms with Crippen LogP contribution in [-0.2, 0) is 23.8 Å². The average Bonchev–Trinajstić information content (AvgIpc) is 3.50. The van der Waals surface area contributed by atoms with Crippen LogP contribution in [0.1, 0.15) is 80.3 Å². The number of benzene rings is 2. The highest BCUT2D eigenvalue weighted by Crippen LogP contribution is 2.55. The molecule has 1 aromatic heterocycles. The molecular formula is C44H52N4O13. The number of aliphatic hydroxyl groups is 2. The molecule has 2 amide bonds. The number of Topliss-reactive ketones (excluding diaryl/α,β-unsaturated/α-hetero) is 1. The number of hydrogen-bond donors (Lipinski definition) is 7. The molecule has 17 heteroatoms. The molecule has 6 rings (SSSR count). The van der Waals surface area contributed by atoms with E-state index in [0.717, 1.165) is 12.5 Å². The number of pyridine rings is 1. The molecule has 3 aromatic rings. The van der Waals surface area contributed by atoms with Crippen molar-refractivity contribution in [2.45, 2.75) is 85.6 Å². The van der Waals surface area contributed by atoms with Crippen LogP contribution in [0.2, 0.25) is 0 Å². The van der Waals surface area contributed by atoms with E-state index in [1.165, 1.54) is 77.6 Å². The number of ether oxygens (including phenoxy) is 4. The highest BCUT2D eigenvalue weighted by molar-refractivity contribution is 6.24. The van der Waals surface area contributed by atoms with Gasteiger partial charge in [0.25, 0.3) is 17.6 Å². The number of anilines is 1. The molecule has 3 aliphatic heterocycles. The zero-order chi connectivity index (χ0) is 45.1. The third-order valence-electron chi connectivity index (χ3n) is 11.3. The largest absolute Gasteiger partial charge is 0.507 e. The van der Waals surface area contributed by atoms with Gasteiger partial charge in [0.05, 0.1) is 53.0 Å². The summed E-state index contributed by atoms with van der Waals surface area (Å²) < 4.78 is 23.5. The number of hydrazone groups is 1. The van der Waals surface area contributed by atoms with Gasteiger partial charge in [-0.25, -0.2) is 5.43 Å². The van der Waals surface area contributed by atoms with Crippen LogP contribution in [0.4, 0.5) is 5.69 Å². The summed E-state index contributed by atoms with van der Waals surface area (Å²) in [5.41, 5.74) is 1.50. The predicted molar refractivity (Wildman–Crippen MR) is 223 cm³/mol. The number of rotatable bonds is 5. The van der Waals surface area contributed by atoms with Crippen LogP contribution in [0.15, 0.2) is 65.8 Å². The van der Waals surface area contributed by atoms with Crippen molar-refractivity contribution in [2.24, 2.45) is 28.8 Å². The fraction of sp³-hybridized carbons (Fsp3) is 0.409. The van der Waals surface area contributed by atoms with E-state index in [-0.39, 0.29) is 39.0 Å². The van der Waals surface area contributed by atoms with Crippen LogP contribution < -0.4 is 15.5 Å². The molecular weight excluding hydrogens is 792 g/mol. The highest BCUT2D eigenvalue weighted by atomic mass is 16.7. The molecule has 61 heavy (non-hydrogen) atoms. The number of aromatic nitrogens is 1. The number of phenolic OH excluding ortho intramolecular Hbond substituents is 3. The number of aromatic hydroxyl groups is 3. The van der Waals surface area contributed by atoms with Crippen molar-refractivity contribution in [3.05, 3.63) is 82.9 Å². The minimum Gasteiger partial charge on any atom is -0.507 e. The molecule has 17 nitrogen and oxygen atoms in total. The number of amides is 2. The Morgan fingerprint density at radius 2 is 1.62 bits per heavy atom. The van der Waals surface area contributed by atoms with Gasteiger partial charge in [-0.05, 0) is 32.1 Å². The summed E-state index contributed by atoms with van der Waals surface area (Å²) in [6.45, 7) is 12.2. The Labute approximate surface area is 352 Å². The summed E-state index contributed by atoms with van der Waals surface area (Å²) in [5, 5.41) is 63.9. The van der Waals surface area contributed by atoms with Crippen LogP contribution in [0.5, 0.6) is 23.0 Å². The lowest BCUT2D eigenvalue weighted by atomic mass is 9.78. The topological polar surface area (TPSA) is 256 Å². The van der Waals surface area contributed by atoms with Crippen molar-refractivity contribution in [3.8, 4) is 23.0 Å². The van der Waals surface area contributed by atoms with Crippen molar-refractivity contribution in [2.75, 3.05) is 12.4 Å². The molecule has 326 valence electrons. The smallest absolute Gasteiger partial charge is 0.312 e. The second kappa shape index (κ2) is 18.5. The minimum atomic E-state index is -2.11. The van der Waals surface area contributed by atoms with Crippen LogP contribution >= 0.6 is 0 Å². The summed E-state index contributed by atoms with van der Waals surface area (Å²) >= 11 is 0. The number of ketones is 1. The van der Waals surface area contributed by atoms with Gasteiger partial charge in [0, 0.05) is 79.1 Å². The molecule has 0 spiro atoms. The maximum Gasteiger partial charge on any atom is 0.312 e. The number of methoxy groups -OCH3 is 1. The van der Waals surface area contributed by atoms with Crippen molar-refractivity contribution in [1.82, 2.24) is 10.4 Å². The molecule has 0 saturated carbocycles. The van der Waals surface area contributed by atoms with Crippen LogP contribution in [0, 0.1) is 30.6 Å². The van der Waals surface area contributed by atoms with Gasteiger partial charge in [0.1, 0.15) is 23.4 Å². The molecule has 5 bridgehead atoms.